The third kappa shape index (κ3) is 4.71. The van der Waals surface area contributed by atoms with Crippen LogP contribution in [-0.4, -0.2) is 19.5 Å². The Bertz CT molecular complexity index is 3370. The number of para-hydroxylation sites is 1. The van der Waals surface area contributed by atoms with Gasteiger partial charge in [-0.05, 0) is 53.6 Å². The topological polar surface area (TPSA) is 43.6 Å². The summed E-state index contributed by atoms with van der Waals surface area (Å²) in [4.78, 5) is 15.1. The van der Waals surface area contributed by atoms with Crippen LogP contribution in [0.3, 0.4) is 0 Å². The zero-order valence-electron chi connectivity index (χ0n) is 35.2. The number of rotatable bonds is 5. The monoisotopic (exact) mass is 665 g/mol. The summed E-state index contributed by atoms with van der Waals surface area (Å²) in [5.74, 6) is 1.39. The Morgan fingerprint density at radius 3 is 2.08 bits per heavy atom. The molecule has 50 heavy (non-hydrogen) atoms. The van der Waals surface area contributed by atoms with Crippen LogP contribution in [0.5, 0.6) is 0 Å². The first-order chi connectivity index (χ1) is 28.5. The van der Waals surface area contributed by atoms with Crippen molar-refractivity contribution in [2.45, 2.75) is 0 Å². The van der Waals surface area contributed by atoms with E-state index in [1.54, 1.807) is 34.1 Å². The van der Waals surface area contributed by atoms with Gasteiger partial charge in [0.1, 0.15) is 0 Å². The van der Waals surface area contributed by atoms with Gasteiger partial charge < -0.3 is 4.57 Å². The van der Waals surface area contributed by atoms with Gasteiger partial charge in [0.15, 0.2) is 17.5 Å². The molecule has 0 unspecified atom stereocenters. The molecule has 0 amide bonds. The predicted octanol–water partition coefficient (Wildman–Crippen LogP) is 12.0. The van der Waals surface area contributed by atoms with Crippen molar-refractivity contribution < 1.29 is 12.3 Å². The van der Waals surface area contributed by atoms with Crippen molar-refractivity contribution in [1.29, 1.82) is 0 Å². The minimum atomic E-state index is -0.506. The van der Waals surface area contributed by atoms with Crippen LogP contribution in [0.1, 0.15) is 12.3 Å². The Morgan fingerprint density at radius 2 is 1.18 bits per heavy atom. The van der Waals surface area contributed by atoms with Gasteiger partial charge in [0.05, 0.1) is 23.4 Å². The molecule has 0 saturated carbocycles. The van der Waals surface area contributed by atoms with E-state index in [1.165, 1.54) is 0 Å². The zero-order chi connectivity index (χ0) is 40.9. The van der Waals surface area contributed by atoms with Gasteiger partial charge in [0.25, 0.3) is 0 Å². The molecule has 0 fully saturated rings. The maximum absolute atomic E-state index is 9.11. The predicted molar refractivity (Wildman–Crippen MR) is 209 cm³/mol. The molecule has 3 heterocycles. The van der Waals surface area contributed by atoms with Crippen molar-refractivity contribution in [2.75, 3.05) is 0 Å². The lowest BCUT2D eigenvalue weighted by molar-refractivity contribution is 1.07. The lowest BCUT2D eigenvalue weighted by Gasteiger charge is -2.12. The highest BCUT2D eigenvalue weighted by Gasteiger charge is 2.18. The number of fused-ring (bicyclic) bond motifs is 6. The van der Waals surface area contributed by atoms with E-state index in [4.69, 9.17) is 27.3 Å². The van der Waals surface area contributed by atoms with E-state index in [0.717, 1.165) is 31.3 Å². The van der Waals surface area contributed by atoms with Gasteiger partial charge >= 0.3 is 0 Å². The fraction of sp³-hybridized carbons (Fsp3) is 0. The molecule has 7 aromatic carbocycles. The molecule has 0 spiro atoms. The quantitative estimate of drug-likeness (QED) is 0.184. The van der Waals surface area contributed by atoms with E-state index in [1.807, 2.05) is 78.9 Å². The minimum absolute atomic E-state index is 0.00682. The van der Waals surface area contributed by atoms with E-state index in [2.05, 4.69) is 18.2 Å². The number of hydrogen-bond donors (Lipinski definition) is 0. The summed E-state index contributed by atoms with van der Waals surface area (Å²) in [5.41, 5.74) is 3.93. The van der Waals surface area contributed by atoms with Crippen molar-refractivity contribution in [1.82, 2.24) is 19.5 Å². The van der Waals surface area contributed by atoms with Crippen LogP contribution in [-0.2, 0) is 0 Å². The molecule has 0 aliphatic heterocycles. The van der Waals surface area contributed by atoms with Crippen LogP contribution in [0, 0.1) is 0 Å². The molecule has 0 atom stereocenters. The summed E-state index contributed by atoms with van der Waals surface area (Å²) in [6, 6.07) is 33.0. The van der Waals surface area contributed by atoms with Crippen LogP contribution in [0.4, 0.5) is 0 Å². The molecule has 0 bridgehead atoms. The number of thiophene rings is 1. The second kappa shape index (κ2) is 11.6. The molecule has 10 aromatic rings. The molecule has 3 aromatic heterocycles. The first-order valence-electron chi connectivity index (χ1n) is 20.5. The van der Waals surface area contributed by atoms with E-state index < -0.39 is 30.2 Å². The summed E-state index contributed by atoms with van der Waals surface area (Å²) in [6.45, 7) is 0. The van der Waals surface area contributed by atoms with Crippen molar-refractivity contribution in [3.63, 3.8) is 0 Å². The summed E-state index contributed by atoms with van der Waals surface area (Å²) < 4.78 is 81.2. The first-order valence-corrected chi connectivity index (χ1v) is 16.8. The third-order valence-corrected chi connectivity index (χ3v) is 10.00. The highest BCUT2D eigenvalue weighted by molar-refractivity contribution is 7.25. The standard InChI is InChI=1S/C45H28N4S/c1-3-13-29(14-4-1)31-25-26-39-37(28-31)34-19-7-9-22-38(34)49(39)33-18-11-17-32(27-33)44-46-43(30-15-5-2-6-16-30)47-45(48-44)36-21-12-24-41-42(36)35-20-8-10-23-40(35)50-41/h1-28H/i1D,3D,4D,7D,9D,13D,14D,19D,22D. The smallest absolute Gasteiger partial charge is 0.164 e. The first kappa shape index (κ1) is 20.8. The summed E-state index contributed by atoms with van der Waals surface area (Å²) in [7, 11) is 0. The number of benzene rings is 7. The summed E-state index contributed by atoms with van der Waals surface area (Å²) in [5, 5.41) is 2.82. The largest absolute Gasteiger partial charge is 0.309 e. The molecule has 234 valence electrons. The fourth-order valence-corrected chi connectivity index (χ4v) is 7.76. The molecular formula is C45H28N4S. The van der Waals surface area contributed by atoms with Gasteiger partial charge in [-0.3, -0.25) is 0 Å². The SMILES string of the molecule is [2H]c1c([2H])c([2H])c(-c2ccc3c(c2)c2c([2H])c([2H])c([2H])c([2H])c2n3-c2cccc(-c3nc(-c4ccccc4)nc(-c4cccc5sc6ccccc6c45)n3)c2)c([2H])c1[2H]. The maximum Gasteiger partial charge on any atom is 0.164 e. The Labute approximate surface area is 305 Å². The van der Waals surface area contributed by atoms with Crippen molar-refractivity contribution in [3.05, 3.63) is 170 Å². The molecule has 0 aliphatic rings. The van der Waals surface area contributed by atoms with Gasteiger partial charge in [-0.2, -0.15) is 0 Å². The molecule has 0 saturated heterocycles. The Kier molecular flexibility index (Phi) is 4.84. The summed E-state index contributed by atoms with van der Waals surface area (Å²) >= 11 is 1.71. The average Bonchev–Trinajstić information content (AvgIpc) is 3.83. The maximum atomic E-state index is 9.11. The van der Waals surface area contributed by atoms with Crippen LogP contribution < -0.4 is 0 Å². The van der Waals surface area contributed by atoms with E-state index in [-0.39, 0.29) is 40.6 Å². The second-order valence-corrected chi connectivity index (χ2v) is 12.9. The molecule has 0 radical (unpaired) electrons. The average molecular weight is 666 g/mol. The van der Waals surface area contributed by atoms with Gasteiger partial charge in [-0.25, -0.2) is 15.0 Å². The van der Waals surface area contributed by atoms with Crippen molar-refractivity contribution >= 4 is 53.3 Å². The van der Waals surface area contributed by atoms with Gasteiger partial charge in [-0.15, -0.1) is 11.3 Å². The van der Waals surface area contributed by atoms with Crippen molar-refractivity contribution in [2.24, 2.45) is 0 Å². The van der Waals surface area contributed by atoms with E-state index in [9.17, 15) is 0 Å². The van der Waals surface area contributed by atoms with Gasteiger partial charge in [0.2, 0.25) is 0 Å². The molecule has 10 rings (SSSR count). The van der Waals surface area contributed by atoms with E-state index >= 15 is 0 Å². The lowest BCUT2D eigenvalue weighted by Crippen LogP contribution is -2.01. The molecule has 5 heteroatoms. The fourth-order valence-electron chi connectivity index (χ4n) is 6.63. The molecule has 0 N–H and O–H groups in total. The highest BCUT2D eigenvalue weighted by atomic mass is 32.1. The van der Waals surface area contributed by atoms with Crippen LogP contribution in [0.2, 0.25) is 0 Å². The number of nitrogens with zero attached hydrogens (tertiary/aromatic N) is 4. The number of hydrogen-bond acceptors (Lipinski definition) is 4. The minimum Gasteiger partial charge on any atom is -0.309 e. The van der Waals surface area contributed by atoms with Crippen LogP contribution >= 0.6 is 11.3 Å². The van der Waals surface area contributed by atoms with Crippen LogP contribution in [0.25, 0.3) is 93.0 Å². The molecule has 0 aliphatic carbocycles. The summed E-state index contributed by atoms with van der Waals surface area (Å²) in [6.07, 6.45) is 0. The number of aromatic nitrogens is 4. The highest BCUT2D eigenvalue weighted by Crippen LogP contribution is 2.40. The lowest BCUT2D eigenvalue weighted by atomic mass is 10.0. The van der Waals surface area contributed by atoms with Gasteiger partial charge in [0, 0.05) is 53.3 Å². The normalized spacial score (nSPS) is 14.1. The van der Waals surface area contributed by atoms with E-state index in [0.29, 0.717) is 45.2 Å². The Morgan fingerprint density at radius 1 is 0.460 bits per heavy atom. The van der Waals surface area contributed by atoms with Crippen molar-refractivity contribution in [3.8, 4) is 51.0 Å². The van der Waals surface area contributed by atoms with Crippen LogP contribution in [0.15, 0.2) is 170 Å². The molecular weight excluding hydrogens is 629 g/mol. The molecule has 4 nitrogen and oxygen atoms in total. The Balaban J connectivity index is 1.21. The Hall–Kier alpha value is -6.43. The third-order valence-electron chi connectivity index (χ3n) is 8.86. The zero-order valence-corrected chi connectivity index (χ0v) is 27.0. The second-order valence-electron chi connectivity index (χ2n) is 11.8. The van der Waals surface area contributed by atoms with Gasteiger partial charge in [-0.1, -0.05) is 127 Å².